The molecule has 0 bridgehead atoms. The molecule has 1 aromatic heterocycles. The average Bonchev–Trinajstić information content (AvgIpc) is 2.85. The molecule has 2 rings (SSSR count). The number of halogens is 4. The third-order valence-corrected chi connectivity index (χ3v) is 2.76. The van der Waals surface area contributed by atoms with Gasteiger partial charge in [-0.2, -0.15) is 18.3 Å². The minimum absolute atomic E-state index is 0.277. The zero-order valence-corrected chi connectivity index (χ0v) is 10.9. The van der Waals surface area contributed by atoms with Gasteiger partial charge in [-0.25, -0.2) is 4.39 Å². The Balaban J connectivity index is 2.27. The molecule has 0 saturated carbocycles. The molecule has 0 aliphatic carbocycles. The van der Waals surface area contributed by atoms with Crippen LogP contribution in [-0.2, 0) is 12.7 Å². The highest BCUT2D eigenvalue weighted by molar-refractivity contribution is 6.04. The smallest absolute Gasteiger partial charge is 0.319 e. The lowest BCUT2D eigenvalue weighted by atomic mass is 10.1. The number of aromatic nitrogens is 2. The van der Waals surface area contributed by atoms with E-state index in [0.717, 1.165) is 12.1 Å². The van der Waals surface area contributed by atoms with Crippen molar-refractivity contribution in [3.8, 4) is 0 Å². The number of carbonyl (C=O) groups excluding carboxylic acids is 1. The number of anilines is 1. The number of hydrogen-bond donors (Lipinski definition) is 1. The molecule has 0 unspecified atom stereocenters. The van der Waals surface area contributed by atoms with Crippen LogP contribution in [-0.4, -0.2) is 15.7 Å². The summed E-state index contributed by atoms with van der Waals surface area (Å²) in [5.74, 6) is -2.56. The first kappa shape index (κ1) is 15.0. The van der Waals surface area contributed by atoms with Crippen LogP contribution in [0.5, 0.6) is 0 Å². The van der Waals surface area contributed by atoms with E-state index < -0.39 is 29.0 Å². The molecule has 0 fully saturated rings. The Kier molecular flexibility index (Phi) is 3.97. The van der Waals surface area contributed by atoms with Crippen LogP contribution in [0.15, 0.2) is 30.6 Å². The van der Waals surface area contributed by atoms with Gasteiger partial charge in [0.1, 0.15) is 5.82 Å². The van der Waals surface area contributed by atoms with Gasteiger partial charge in [0.2, 0.25) is 0 Å². The van der Waals surface area contributed by atoms with Gasteiger partial charge in [-0.15, -0.1) is 0 Å². The van der Waals surface area contributed by atoms with E-state index >= 15 is 0 Å². The Morgan fingerprint density at radius 1 is 1.38 bits per heavy atom. The molecule has 112 valence electrons. The Bertz CT molecular complexity index is 664. The van der Waals surface area contributed by atoms with E-state index in [1.54, 1.807) is 0 Å². The fraction of sp³-hybridized carbons (Fsp3) is 0.231. The maximum absolute atomic E-state index is 13.8. The summed E-state index contributed by atoms with van der Waals surface area (Å²) in [6.45, 7) is 2.39. The van der Waals surface area contributed by atoms with Crippen molar-refractivity contribution in [3.05, 3.63) is 47.5 Å². The topological polar surface area (TPSA) is 46.9 Å². The molecule has 0 saturated heterocycles. The number of carbonyl (C=O) groups is 1. The Morgan fingerprint density at radius 3 is 2.67 bits per heavy atom. The molecule has 1 heterocycles. The molecule has 1 aromatic carbocycles. The zero-order valence-electron chi connectivity index (χ0n) is 10.9. The van der Waals surface area contributed by atoms with Gasteiger partial charge in [-0.05, 0) is 19.1 Å². The maximum atomic E-state index is 13.8. The van der Waals surface area contributed by atoms with Crippen LogP contribution in [0.2, 0.25) is 0 Å². The number of benzene rings is 1. The van der Waals surface area contributed by atoms with Gasteiger partial charge in [0.05, 0.1) is 23.0 Å². The molecule has 0 aliphatic rings. The van der Waals surface area contributed by atoms with E-state index in [9.17, 15) is 22.4 Å². The SMILES string of the molecule is CCn1cc(NC(=O)c2cccc(C(F)(F)F)c2F)cn1. The van der Waals surface area contributed by atoms with E-state index in [1.165, 1.54) is 17.1 Å². The number of hydrogen-bond acceptors (Lipinski definition) is 2. The van der Waals surface area contributed by atoms with Crippen molar-refractivity contribution in [1.82, 2.24) is 9.78 Å². The van der Waals surface area contributed by atoms with Gasteiger partial charge in [-0.1, -0.05) is 6.07 Å². The summed E-state index contributed by atoms with van der Waals surface area (Å²) >= 11 is 0. The maximum Gasteiger partial charge on any atom is 0.419 e. The fourth-order valence-electron chi connectivity index (χ4n) is 1.73. The highest BCUT2D eigenvalue weighted by Crippen LogP contribution is 2.32. The number of aryl methyl sites for hydroxylation is 1. The number of rotatable bonds is 3. The summed E-state index contributed by atoms with van der Waals surface area (Å²) in [7, 11) is 0. The quantitative estimate of drug-likeness (QED) is 0.884. The highest BCUT2D eigenvalue weighted by Gasteiger charge is 2.35. The lowest BCUT2D eigenvalue weighted by molar-refractivity contribution is -0.140. The molecular weight excluding hydrogens is 290 g/mol. The molecule has 4 nitrogen and oxygen atoms in total. The van der Waals surface area contributed by atoms with Crippen LogP contribution in [0.25, 0.3) is 0 Å². The second kappa shape index (κ2) is 5.55. The summed E-state index contributed by atoms with van der Waals surface area (Å²) in [5, 5.41) is 6.19. The first-order valence-corrected chi connectivity index (χ1v) is 6.02. The molecule has 0 radical (unpaired) electrons. The van der Waals surface area contributed by atoms with Crippen molar-refractivity contribution in [2.45, 2.75) is 19.6 Å². The summed E-state index contributed by atoms with van der Waals surface area (Å²) in [6, 6.07) is 2.56. The van der Waals surface area contributed by atoms with Gasteiger partial charge in [0.15, 0.2) is 0 Å². The van der Waals surface area contributed by atoms with Gasteiger partial charge >= 0.3 is 6.18 Å². The van der Waals surface area contributed by atoms with E-state index in [0.29, 0.717) is 12.6 Å². The minimum Gasteiger partial charge on any atom is -0.319 e. The third-order valence-electron chi connectivity index (χ3n) is 2.76. The zero-order chi connectivity index (χ0) is 15.6. The molecule has 0 spiro atoms. The molecule has 8 heteroatoms. The fourth-order valence-corrected chi connectivity index (χ4v) is 1.73. The minimum atomic E-state index is -4.85. The van der Waals surface area contributed by atoms with Crippen molar-refractivity contribution in [2.24, 2.45) is 0 Å². The van der Waals surface area contributed by atoms with Crippen LogP contribution in [0.4, 0.5) is 23.2 Å². The number of nitrogens with one attached hydrogen (secondary N) is 1. The normalized spacial score (nSPS) is 11.5. The number of nitrogens with zero attached hydrogens (tertiary/aromatic N) is 2. The number of alkyl halides is 3. The molecule has 2 aromatic rings. The second-order valence-corrected chi connectivity index (χ2v) is 4.20. The van der Waals surface area contributed by atoms with E-state index in [-0.39, 0.29) is 5.69 Å². The Morgan fingerprint density at radius 2 is 2.10 bits per heavy atom. The van der Waals surface area contributed by atoms with Crippen molar-refractivity contribution in [3.63, 3.8) is 0 Å². The molecule has 1 N–H and O–H groups in total. The standard InChI is InChI=1S/C13H11F4N3O/c1-2-20-7-8(6-18-20)19-12(21)9-4-3-5-10(11(9)14)13(15,16)17/h3-7H,2H2,1H3,(H,19,21). The first-order chi connectivity index (χ1) is 9.82. The van der Waals surface area contributed by atoms with Gasteiger partial charge in [0, 0.05) is 12.7 Å². The lowest BCUT2D eigenvalue weighted by Gasteiger charge is -2.10. The monoisotopic (exact) mass is 301 g/mol. The second-order valence-electron chi connectivity index (χ2n) is 4.20. The van der Waals surface area contributed by atoms with Crippen molar-refractivity contribution >= 4 is 11.6 Å². The van der Waals surface area contributed by atoms with Gasteiger partial charge < -0.3 is 5.32 Å². The molecule has 21 heavy (non-hydrogen) atoms. The predicted molar refractivity (Wildman–Crippen MR) is 67.3 cm³/mol. The van der Waals surface area contributed by atoms with Crippen LogP contribution >= 0.6 is 0 Å². The summed E-state index contributed by atoms with van der Waals surface area (Å²) in [6.07, 6.45) is -2.04. The van der Waals surface area contributed by atoms with E-state index in [2.05, 4.69) is 10.4 Å². The van der Waals surface area contributed by atoms with Crippen LogP contribution in [0.1, 0.15) is 22.8 Å². The van der Waals surface area contributed by atoms with E-state index in [1.807, 2.05) is 6.92 Å². The Hall–Kier alpha value is -2.38. The number of amides is 1. The average molecular weight is 301 g/mol. The predicted octanol–water partition coefficient (Wildman–Crippen LogP) is 3.31. The molecular formula is C13H11F4N3O. The van der Waals surface area contributed by atoms with Crippen LogP contribution in [0.3, 0.4) is 0 Å². The largest absolute Gasteiger partial charge is 0.419 e. The lowest BCUT2D eigenvalue weighted by Crippen LogP contribution is -2.17. The molecule has 0 aliphatic heterocycles. The summed E-state index contributed by atoms with van der Waals surface area (Å²) in [5.41, 5.74) is -1.87. The summed E-state index contributed by atoms with van der Waals surface area (Å²) < 4.78 is 53.1. The first-order valence-electron chi connectivity index (χ1n) is 6.02. The van der Waals surface area contributed by atoms with Crippen molar-refractivity contribution < 1.29 is 22.4 Å². The van der Waals surface area contributed by atoms with Crippen LogP contribution < -0.4 is 5.32 Å². The third kappa shape index (κ3) is 3.21. The van der Waals surface area contributed by atoms with Crippen molar-refractivity contribution in [1.29, 1.82) is 0 Å². The van der Waals surface area contributed by atoms with Crippen LogP contribution in [0, 0.1) is 5.82 Å². The summed E-state index contributed by atoms with van der Waals surface area (Å²) in [4.78, 5) is 11.9. The Labute approximate surface area is 117 Å². The molecule has 0 atom stereocenters. The highest BCUT2D eigenvalue weighted by atomic mass is 19.4. The van der Waals surface area contributed by atoms with Gasteiger partial charge in [0.25, 0.3) is 5.91 Å². The van der Waals surface area contributed by atoms with Crippen molar-refractivity contribution in [2.75, 3.05) is 5.32 Å². The van der Waals surface area contributed by atoms with E-state index in [4.69, 9.17) is 0 Å². The van der Waals surface area contributed by atoms with Gasteiger partial charge in [-0.3, -0.25) is 9.48 Å². The molecule has 1 amide bonds.